The Balaban J connectivity index is 1.23. The van der Waals surface area contributed by atoms with Crippen molar-refractivity contribution in [2.45, 2.75) is 69.1 Å². The van der Waals surface area contributed by atoms with Crippen LogP contribution >= 0.6 is 0 Å². The molecule has 0 aromatic heterocycles. The van der Waals surface area contributed by atoms with Gasteiger partial charge >= 0.3 is 12.1 Å². The molecule has 10 heteroatoms. The first-order valence-electron chi connectivity index (χ1n) is 19.3. The predicted octanol–water partition coefficient (Wildman–Crippen LogP) is 6.19. The molecule has 288 valence electrons. The van der Waals surface area contributed by atoms with Crippen LogP contribution in [0.4, 0.5) is 4.79 Å². The molecule has 55 heavy (non-hydrogen) atoms. The molecular weight excluding hydrogens is 693 g/mol. The molecule has 2 saturated heterocycles. The van der Waals surface area contributed by atoms with Gasteiger partial charge in [-0.05, 0) is 61.3 Å². The average molecular weight is 745 g/mol. The molecule has 4 aromatic carbocycles. The number of rotatable bonds is 16. The monoisotopic (exact) mass is 744 g/mol. The molecule has 3 atom stereocenters. The van der Waals surface area contributed by atoms with Crippen LogP contribution in [0.2, 0.25) is 0 Å². The number of carbonyl (C=O) groups is 4. The second-order valence-electron chi connectivity index (χ2n) is 15.0. The first-order valence-corrected chi connectivity index (χ1v) is 19.3. The number of benzene rings is 4. The van der Waals surface area contributed by atoms with Crippen LogP contribution in [-0.2, 0) is 37.6 Å². The van der Waals surface area contributed by atoms with Gasteiger partial charge in [-0.1, -0.05) is 121 Å². The van der Waals surface area contributed by atoms with Crippen LogP contribution in [0.5, 0.6) is 0 Å². The molecule has 2 heterocycles. The number of ether oxygens (including phenoxy) is 1. The maximum atomic E-state index is 15.0. The van der Waals surface area contributed by atoms with E-state index in [9.17, 15) is 24.3 Å². The van der Waals surface area contributed by atoms with Gasteiger partial charge in [-0.2, -0.15) is 0 Å². The first-order chi connectivity index (χ1) is 26.7. The molecule has 6 rings (SSSR count). The van der Waals surface area contributed by atoms with Crippen molar-refractivity contribution in [3.8, 4) is 0 Å². The van der Waals surface area contributed by atoms with Gasteiger partial charge in [0.15, 0.2) is 0 Å². The third-order valence-corrected chi connectivity index (χ3v) is 11.4. The molecule has 2 aliphatic heterocycles. The number of carboxylic acids is 1. The normalized spacial score (nSPS) is 20.2. The molecule has 3 amide bonds. The van der Waals surface area contributed by atoms with Crippen molar-refractivity contribution in [3.63, 3.8) is 0 Å². The minimum absolute atomic E-state index is 0.172. The number of piperazine rings is 1. The highest BCUT2D eigenvalue weighted by Crippen LogP contribution is 2.43. The zero-order valence-electron chi connectivity index (χ0n) is 31.6. The Morgan fingerprint density at radius 2 is 1.44 bits per heavy atom. The third kappa shape index (κ3) is 9.43. The molecule has 3 N–H and O–H groups in total. The molecule has 4 aromatic rings. The van der Waals surface area contributed by atoms with Crippen LogP contribution < -0.4 is 10.6 Å². The molecule has 0 aliphatic carbocycles. The average Bonchev–Trinajstić information content (AvgIpc) is 3.21. The second kappa shape index (κ2) is 18.2. The van der Waals surface area contributed by atoms with Crippen molar-refractivity contribution in [2.24, 2.45) is 5.92 Å². The maximum absolute atomic E-state index is 15.0. The Bertz CT molecular complexity index is 1840. The maximum Gasteiger partial charge on any atom is 0.407 e. The third-order valence-electron chi connectivity index (χ3n) is 11.4. The standard InChI is InChI=1S/C45H52N4O6/c1-44(36-20-10-4-11-21-36,37-22-12-5-13-23-37)33-49-41(52)39(24-14-15-27-46-43(54)55-32-35-18-8-3-9-19-35)47-42(53)45(49)26-29-48(31-38(45)30-40(50)51)28-25-34-16-6-2-7-17-34/h2-13,16-23,38-39H,14-15,24-33H2,1H3,(H,46,54)(H,47,53)(H,50,51)/t38?,39-,45?/m0/s1. The number of nitrogens with zero attached hydrogens (tertiary/aromatic N) is 2. The zero-order valence-corrected chi connectivity index (χ0v) is 31.6. The van der Waals surface area contributed by atoms with Gasteiger partial charge in [0.05, 0.1) is 6.42 Å². The molecule has 0 bridgehead atoms. The van der Waals surface area contributed by atoms with Gasteiger partial charge < -0.3 is 30.3 Å². The number of aliphatic carboxylic acids is 1. The SMILES string of the molecule is CC(CN1C(=O)[C@H](CCCCNC(=O)OCc2ccccc2)NC(=O)C12CCN(CCc1ccccc1)CC2CC(=O)O)(c1ccccc1)c1ccccc1. The molecule has 1 spiro atoms. The highest BCUT2D eigenvalue weighted by molar-refractivity contribution is 6.00. The minimum atomic E-state index is -1.36. The molecule has 2 fully saturated rings. The molecule has 2 unspecified atom stereocenters. The van der Waals surface area contributed by atoms with Gasteiger partial charge in [-0.3, -0.25) is 14.4 Å². The number of hydrogen-bond donors (Lipinski definition) is 3. The van der Waals surface area contributed by atoms with Crippen molar-refractivity contribution in [1.29, 1.82) is 0 Å². The molecule has 0 radical (unpaired) electrons. The zero-order chi connectivity index (χ0) is 38.7. The fourth-order valence-corrected chi connectivity index (χ4v) is 8.30. The van der Waals surface area contributed by atoms with E-state index in [4.69, 9.17) is 4.74 Å². The van der Waals surface area contributed by atoms with E-state index < -0.39 is 35.0 Å². The van der Waals surface area contributed by atoms with Crippen LogP contribution in [0.1, 0.15) is 61.3 Å². The van der Waals surface area contributed by atoms with Crippen molar-refractivity contribution in [2.75, 3.05) is 32.7 Å². The van der Waals surface area contributed by atoms with Crippen molar-refractivity contribution >= 4 is 23.9 Å². The molecule has 10 nitrogen and oxygen atoms in total. The van der Waals surface area contributed by atoms with E-state index in [0.29, 0.717) is 51.9 Å². The fraction of sp³-hybridized carbons (Fsp3) is 0.378. The number of carboxylic acid groups (broad SMARTS) is 1. The van der Waals surface area contributed by atoms with Crippen molar-refractivity contribution in [1.82, 2.24) is 20.4 Å². The predicted molar refractivity (Wildman–Crippen MR) is 211 cm³/mol. The highest BCUT2D eigenvalue weighted by atomic mass is 16.5. The lowest BCUT2D eigenvalue weighted by Crippen LogP contribution is -2.77. The molecule has 0 saturated carbocycles. The van der Waals surface area contributed by atoms with E-state index in [-0.39, 0.29) is 31.4 Å². The van der Waals surface area contributed by atoms with Gasteiger partial charge in [-0.25, -0.2) is 4.79 Å². The summed E-state index contributed by atoms with van der Waals surface area (Å²) in [7, 11) is 0. The van der Waals surface area contributed by atoms with Crippen LogP contribution in [-0.4, -0.2) is 83.1 Å². The lowest BCUT2D eigenvalue weighted by molar-refractivity contribution is -0.170. The van der Waals surface area contributed by atoms with Gasteiger partial charge in [0.25, 0.3) is 0 Å². The number of unbranched alkanes of at least 4 members (excludes halogenated alkanes) is 1. The molecular formula is C45H52N4O6. The summed E-state index contributed by atoms with van der Waals surface area (Å²) in [6, 6.07) is 38.8. The Labute approximate surface area is 323 Å². The van der Waals surface area contributed by atoms with Gasteiger partial charge in [0.1, 0.15) is 18.2 Å². The van der Waals surface area contributed by atoms with Crippen LogP contribution in [0.25, 0.3) is 0 Å². The van der Waals surface area contributed by atoms with Crippen molar-refractivity contribution in [3.05, 3.63) is 144 Å². The fourth-order valence-electron chi connectivity index (χ4n) is 8.30. The lowest BCUT2D eigenvalue weighted by atomic mass is 9.69. The number of likely N-dealkylation sites (tertiary alicyclic amines) is 1. The van der Waals surface area contributed by atoms with E-state index in [1.54, 1.807) is 4.90 Å². The van der Waals surface area contributed by atoms with Crippen LogP contribution in [0, 0.1) is 5.92 Å². The molecule has 2 aliphatic rings. The summed E-state index contributed by atoms with van der Waals surface area (Å²) >= 11 is 0. The van der Waals surface area contributed by atoms with Crippen LogP contribution in [0.15, 0.2) is 121 Å². The van der Waals surface area contributed by atoms with Gasteiger partial charge in [0.2, 0.25) is 11.8 Å². The van der Waals surface area contributed by atoms with E-state index in [1.807, 2.05) is 109 Å². The Kier molecular flexibility index (Phi) is 13.0. The number of hydrogen-bond acceptors (Lipinski definition) is 6. The summed E-state index contributed by atoms with van der Waals surface area (Å²) in [4.78, 5) is 58.6. The number of alkyl carbamates (subject to hydrolysis) is 1. The first kappa shape index (κ1) is 39.2. The minimum Gasteiger partial charge on any atom is -0.481 e. The van der Waals surface area contributed by atoms with Crippen LogP contribution in [0.3, 0.4) is 0 Å². The summed E-state index contributed by atoms with van der Waals surface area (Å²) in [5, 5.41) is 16.1. The summed E-state index contributed by atoms with van der Waals surface area (Å²) in [5.74, 6) is -2.14. The smallest absolute Gasteiger partial charge is 0.407 e. The quantitative estimate of drug-likeness (QED) is 0.117. The number of nitrogens with one attached hydrogen (secondary N) is 2. The second-order valence-corrected chi connectivity index (χ2v) is 15.0. The summed E-state index contributed by atoms with van der Waals surface area (Å²) in [5.41, 5.74) is 2.00. The Hall–Kier alpha value is -5.48. The lowest BCUT2D eigenvalue weighted by Gasteiger charge is -2.57. The number of carbonyl (C=O) groups excluding carboxylic acids is 3. The van der Waals surface area contributed by atoms with Gasteiger partial charge in [-0.15, -0.1) is 0 Å². The highest BCUT2D eigenvalue weighted by Gasteiger charge is 2.59. The van der Waals surface area contributed by atoms with Gasteiger partial charge in [0, 0.05) is 44.1 Å². The number of amides is 3. The van der Waals surface area contributed by atoms with E-state index in [0.717, 1.165) is 23.1 Å². The van der Waals surface area contributed by atoms with Crippen molar-refractivity contribution < 1.29 is 29.0 Å². The topological polar surface area (TPSA) is 128 Å². The Morgan fingerprint density at radius 1 is 0.855 bits per heavy atom. The van der Waals surface area contributed by atoms with E-state index >= 15 is 0 Å². The Morgan fingerprint density at radius 3 is 2.04 bits per heavy atom. The summed E-state index contributed by atoms with van der Waals surface area (Å²) in [6.45, 7) is 4.46. The summed E-state index contributed by atoms with van der Waals surface area (Å²) < 4.78 is 5.32. The van der Waals surface area contributed by atoms with E-state index in [1.165, 1.54) is 5.56 Å². The number of piperidine rings is 1. The summed E-state index contributed by atoms with van der Waals surface area (Å²) in [6.07, 6.45) is 1.87. The largest absolute Gasteiger partial charge is 0.481 e. The van der Waals surface area contributed by atoms with E-state index in [2.05, 4.69) is 34.6 Å².